The number of allylic oxidation sites excluding steroid dienone is 4. The number of hydrogen-bond acceptors (Lipinski definition) is 5. The van der Waals surface area contributed by atoms with Crippen molar-refractivity contribution in [3.8, 4) is 0 Å². The van der Waals surface area contributed by atoms with Crippen molar-refractivity contribution < 1.29 is 24.2 Å². The van der Waals surface area contributed by atoms with Gasteiger partial charge in [-0.25, -0.2) is 0 Å². The number of carbonyl (C=O) groups is 2. The molecule has 0 fully saturated rings. The van der Waals surface area contributed by atoms with E-state index in [0.29, 0.717) is 12.8 Å². The molecule has 0 aromatic carbocycles. The maximum atomic E-state index is 12.1. The quantitative estimate of drug-likeness (QED) is 0.0426. The van der Waals surface area contributed by atoms with Gasteiger partial charge in [0.15, 0.2) is 6.10 Å². The average Bonchev–Trinajstić information content (AvgIpc) is 3.04. The zero-order chi connectivity index (χ0) is 32.9. The zero-order valence-corrected chi connectivity index (χ0v) is 29.9. The Bertz CT molecular complexity index is 686. The predicted octanol–water partition coefficient (Wildman–Crippen LogP) is 11.9. The van der Waals surface area contributed by atoms with Gasteiger partial charge in [-0.2, -0.15) is 0 Å². The topological polar surface area (TPSA) is 72.8 Å². The molecule has 0 aromatic rings. The van der Waals surface area contributed by atoms with Crippen LogP contribution in [0.5, 0.6) is 0 Å². The van der Waals surface area contributed by atoms with E-state index < -0.39 is 6.10 Å². The standard InChI is InChI=1S/C40H74O5/c1-3-5-7-9-11-13-15-17-19-20-21-23-24-26-28-30-32-34-39(42)44-37-38(36-41)45-40(43)35-33-31-29-27-25-22-18-16-14-12-10-8-6-4-2/h10,12,16,18,38,41H,3-9,11,13-15,17,19-37H2,1-2H3/b12-10-,18-16-. The molecule has 0 aliphatic heterocycles. The molecule has 1 unspecified atom stereocenters. The van der Waals surface area contributed by atoms with Gasteiger partial charge in [-0.05, 0) is 38.5 Å². The minimum absolute atomic E-state index is 0.0674. The molecule has 1 N–H and O–H groups in total. The molecule has 0 amide bonds. The third-order valence-corrected chi connectivity index (χ3v) is 8.50. The molecule has 1 atom stereocenters. The van der Waals surface area contributed by atoms with Crippen LogP contribution in [0.15, 0.2) is 24.3 Å². The van der Waals surface area contributed by atoms with Crippen LogP contribution >= 0.6 is 0 Å². The molecule has 0 aliphatic carbocycles. The van der Waals surface area contributed by atoms with Crippen LogP contribution in [0.1, 0.15) is 200 Å². The number of hydrogen-bond donors (Lipinski definition) is 1. The molecule has 264 valence electrons. The van der Waals surface area contributed by atoms with Crippen LogP contribution in [0.2, 0.25) is 0 Å². The lowest BCUT2D eigenvalue weighted by molar-refractivity contribution is -0.161. The molecule has 0 spiro atoms. The molecular formula is C40H74O5. The second-order valence-corrected chi connectivity index (χ2v) is 13.0. The van der Waals surface area contributed by atoms with Crippen molar-refractivity contribution in [1.29, 1.82) is 0 Å². The van der Waals surface area contributed by atoms with Crippen molar-refractivity contribution in [2.24, 2.45) is 0 Å². The smallest absolute Gasteiger partial charge is 0.306 e. The van der Waals surface area contributed by atoms with Crippen LogP contribution in [-0.4, -0.2) is 36.4 Å². The minimum atomic E-state index is -0.773. The molecule has 0 heterocycles. The summed E-state index contributed by atoms with van der Waals surface area (Å²) in [6, 6.07) is 0. The summed E-state index contributed by atoms with van der Waals surface area (Å²) < 4.78 is 10.6. The molecule has 0 rings (SSSR count). The molecular weight excluding hydrogens is 560 g/mol. The number of esters is 2. The summed E-state index contributed by atoms with van der Waals surface area (Å²) in [6.07, 6.45) is 42.3. The highest BCUT2D eigenvalue weighted by Crippen LogP contribution is 2.15. The van der Waals surface area contributed by atoms with Crippen LogP contribution < -0.4 is 0 Å². The highest BCUT2D eigenvalue weighted by Gasteiger charge is 2.16. The summed E-state index contributed by atoms with van der Waals surface area (Å²) in [5.41, 5.74) is 0. The number of unbranched alkanes of at least 4 members (excludes halogenated alkanes) is 23. The van der Waals surface area contributed by atoms with Gasteiger partial charge in [-0.15, -0.1) is 0 Å². The lowest BCUT2D eigenvalue weighted by atomic mass is 10.0. The minimum Gasteiger partial charge on any atom is -0.462 e. The molecule has 0 aliphatic rings. The third-order valence-electron chi connectivity index (χ3n) is 8.50. The third kappa shape index (κ3) is 35.1. The first kappa shape index (κ1) is 43.4. The van der Waals surface area contributed by atoms with Crippen molar-refractivity contribution in [3.05, 3.63) is 24.3 Å². The number of carbonyl (C=O) groups excluding carboxylic acids is 2. The van der Waals surface area contributed by atoms with E-state index in [2.05, 4.69) is 38.2 Å². The highest BCUT2D eigenvalue weighted by molar-refractivity contribution is 5.70. The average molecular weight is 635 g/mol. The Morgan fingerprint density at radius 3 is 1.38 bits per heavy atom. The Morgan fingerprint density at radius 2 is 0.911 bits per heavy atom. The van der Waals surface area contributed by atoms with E-state index in [1.807, 2.05) is 0 Å². The normalized spacial score (nSPS) is 12.3. The molecule has 0 saturated carbocycles. The summed E-state index contributed by atoms with van der Waals surface area (Å²) in [7, 11) is 0. The van der Waals surface area contributed by atoms with E-state index in [1.165, 1.54) is 122 Å². The summed E-state index contributed by atoms with van der Waals surface area (Å²) in [5, 5.41) is 9.54. The monoisotopic (exact) mass is 635 g/mol. The SMILES string of the molecule is CCCC/C=C\C/C=C\CCCCCCCC(=O)OC(CO)COC(=O)CCCCCCCCCCCCCCCCCCC. The van der Waals surface area contributed by atoms with Crippen molar-refractivity contribution in [1.82, 2.24) is 0 Å². The maximum Gasteiger partial charge on any atom is 0.306 e. The molecule has 45 heavy (non-hydrogen) atoms. The summed E-state index contributed by atoms with van der Waals surface area (Å²) in [5.74, 6) is -0.600. The Balaban J connectivity index is 3.54. The Hall–Kier alpha value is -1.62. The first-order valence-electron chi connectivity index (χ1n) is 19.4. The van der Waals surface area contributed by atoms with Gasteiger partial charge in [0.2, 0.25) is 0 Å². The lowest BCUT2D eigenvalue weighted by Gasteiger charge is -2.15. The number of ether oxygens (including phenoxy) is 2. The Kier molecular flexibility index (Phi) is 35.5. The van der Waals surface area contributed by atoms with Crippen LogP contribution in [0.3, 0.4) is 0 Å². The maximum absolute atomic E-state index is 12.1. The van der Waals surface area contributed by atoms with Gasteiger partial charge in [0.05, 0.1) is 6.61 Å². The first-order chi connectivity index (χ1) is 22.1. The number of aliphatic hydroxyl groups is 1. The fourth-order valence-electron chi connectivity index (χ4n) is 5.51. The zero-order valence-electron chi connectivity index (χ0n) is 29.9. The van der Waals surface area contributed by atoms with Gasteiger partial charge in [0, 0.05) is 12.8 Å². The molecule has 5 nitrogen and oxygen atoms in total. The molecule has 0 aromatic heterocycles. The largest absolute Gasteiger partial charge is 0.462 e. The lowest BCUT2D eigenvalue weighted by Crippen LogP contribution is -2.28. The fourth-order valence-corrected chi connectivity index (χ4v) is 5.51. The predicted molar refractivity (Wildman–Crippen MR) is 191 cm³/mol. The van der Waals surface area contributed by atoms with Crippen LogP contribution in [0, 0.1) is 0 Å². The summed E-state index contributed by atoms with van der Waals surface area (Å²) in [6.45, 7) is 4.09. The van der Waals surface area contributed by atoms with Gasteiger partial charge in [0.25, 0.3) is 0 Å². The van der Waals surface area contributed by atoms with Crippen LogP contribution in [0.4, 0.5) is 0 Å². The molecule has 0 saturated heterocycles. The van der Waals surface area contributed by atoms with Gasteiger partial charge >= 0.3 is 11.9 Å². The first-order valence-corrected chi connectivity index (χ1v) is 19.4. The highest BCUT2D eigenvalue weighted by atomic mass is 16.6. The van der Waals surface area contributed by atoms with E-state index in [4.69, 9.17) is 9.47 Å². The van der Waals surface area contributed by atoms with Crippen molar-refractivity contribution in [3.63, 3.8) is 0 Å². The van der Waals surface area contributed by atoms with Crippen molar-refractivity contribution in [2.75, 3.05) is 13.2 Å². The molecule has 5 heteroatoms. The molecule has 0 bridgehead atoms. The van der Waals surface area contributed by atoms with Gasteiger partial charge in [-0.3, -0.25) is 9.59 Å². The van der Waals surface area contributed by atoms with E-state index in [-0.39, 0.29) is 25.2 Å². The van der Waals surface area contributed by atoms with Crippen molar-refractivity contribution in [2.45, 2.75) is 206 Å². The number of rotatable bonds is 35. The van der Waals surface area contributed by atoms with E-state index in [0.717, 1.165) is 51.4 Å². The Morgan fingerprint density at radius 1 is 0.511 bits per heavy atom. The van der Waals surface area contributed by atoms with Crippen LogP contribution in [-0.2, 0) is 19.1 Å². The second kappa shape index (κ2) is 36.8. The summed E-state index contributed by atoms with van der Waals surface area (Å²) >= 11 is 0. The summed E-state index contributed by atoms with van der Waals surface area (Å²) in [4.78, 5) is 24.2. The number of aliphatic hydroxyl groups excluding tert-OH is 1. The van der Waals surface area contributed by atoms with E-state index in [1.54, 1.807) is 0 Å². The van der Waals surface area contributed by atoms with Crippen LogP contribution in [0.25, 0.3) is 0 Å². The Labute approximate surface area is 279 Å². The fraction of sp³-hybridized carbons (Fsp3) is 0.850. The van der Waals surface area contributed by atoms with E-state index in [9.17, 15) is 14.7 Å². The van der Waals surface area contributed by atoms with Gasteiger partial charge < -0.3 is 14.6 Å². The second-order valence-electron chi connectivity index (χ2n) is 13.0. The van der Waals surface area contributed by atoms with Crippen molar-refractivity contribution >= 4 is 11.9 Å². The molecule has 0 radical (unpaired) electrons. The van der Waals surface area contributed by atoms with Gasteiger partial charge in [0.1, 0.15) is 6.61 Å². The van der Waals surface area contributed by atoms with E-state index >= 15 is 0 Å². The van der Waals surface area contributed by atoms with Gasteiger partial charge in [-0.1, -0.05) is 173 Å².